The lowest BCUT2D eigenvalue weighted by atomic mass is 9.95. The van der Waals surface area contributed by atoms with E-state index in [1.54, 1.807) is 7.11 Å². The molecule has 0 spiro atoms. The van der Waals surface area contributed by atoms with Gasteiger partial charge in [0.2, 0.25) is 5.91 Å². The third-order valence-corrected chi connectivity index (χ3v) is 4.13. The van der Waals surface area contributed by atoms with E-state index >= 15 is 0 Å². The van der Waals surface area contributed by atoms with Gasteiger partial charge in [0.1, 0.15) is 5.75 Å². The average molecular weight is 326 g/mol. The van der Waals surface area contributed by atoms with Crippen LogP contribution in [0.25, 0.3) is 0 Å². The Morgan fingerprint density at radius 3 is 2.42 bits per heavy atom. The van der Waals surface area contributed by atoms with Crippen molar-refractivity contribution in [3.8, 4) is 5.75 Å². The van der Waals surface area contributed by atoms with Crippen LogP contribution in [-0.2, 0) is 17.6 Å². The molecule has 0 saturated heterocycles. The monoisotopic (exact) mass is 326 g/mol. The molecule has 1 unspecified atom stereocenters. The van der Waals surface area contributed by atoms with E-state index in [9.17, 15) is 4.79 Å². The van der Waals surface area contributed by atoms with E-state index in [1.165, 1.54) is 0 Å². The first-order valence-electron chi connectivity index (χ1n) is 8.25. The molecule has 2 aromatic carbocycles. The number of nitrogen functional groups attached to an aromatic ring is 1. The zero-order valence-electron chi connectivity index (χ0n) is 14.6. The third-order valence-electron chi connectivity index (χ3n) is 4.13. The topological polar surface area (TPSA) is 64.3 Å². The Morgan fingerprint density at radius 1 is 1.12 bits per heavy atom. The van der Waals surface area contributed by atoms with Gasteiger partial charge in [-0.3, -0.25) is 4.79 Å². The molecule has 1 amide bonds. The Morgan fingerprint density at radius 2 is 1.79 bits per heavy atom. The minimum Gasteiger partial charge on any atom is -0.496 e. The number of amides is 1. The lowest BCUT2D eigenvalue weighted by molar-refractivity contribution is -0.121. The van der Waals surface area contributed by atoms with E-state index in [0.29, 0.717) is 18.0 Å². The highest BCUT2D eigenvalue weighted by molar-refractivity contribution is 5.79. The molecule has 2 aromatic rings. The Labute approximate surface area is 144 Å². The van der Waals surface area contributed by atoms with Crippen LogP contribution >= 0.6 is 0 Å². The van der Waals surface area contributed by atoms with Gasteiger partial charge in [0, 0.05) is 11.7 Å². The highest BCUT2D eigenvalue weighted by atomic mass is 16.5. The predicted molar refractivity (Wildman–Crippen MR) is 98.0 cm³/mol. The molecule has 3 N–H and O–H groups in total. The highest BCUT2D eigenvalue weighted by Gasteiger charge is 2.18. The van der Waals surface area contributed by atoms with Gasteiger partial charge in [-0.15, -0.1) is 0 Å². The number of rotatable bonds is 7. The van der Waals surface area contributed by atoms with Crippen LogP contribution in [0.15, 0.2) is 48.5 Å². The molecular weight excluding hydrogens is 300 g/mol. The number of ether oxygens (including phenoxy) is 1. The third kappa shape index (κ3) is 5.01. The van der Waals surface area contributed by atoms with Crippen LogP contribution in [0.3, 0.4) is 0 Å². The van der Waals surface area contributed by atoms with Crippen LogP contribution in [0, 0.1) is 5.92 Å². The summed E-state index contributed by atoms with van der Waals surface area (Å²) in [5.74, 6) is 1.20. The van der Waals surface area contributed by atoms with Gasteiger partial charge >= 0.3 is 0 Å². The molecule has 0 aliphatic rings. The maximum atomic E-state index is 12.4. The van der Waals surface area contributed by atoms with Gasteiger partial charge in [-0.05, 0) is 41.7 Å². The van der Waals surface area contributed by atoms with Crippen LogP contribution in [0.5, 0.6) is 5.75 Å². The van der Waals surface area contributed by atoms with Crippen LogP contribution in [0.2, 0.25) is 0 Å². The Kier molecular flexibility index (Phi) is 6.24. The number of hydrogen-bond acceptors (Lipinski definition) is 3. The van der Waals surface area contributed by atoms with Crippen LogP contribution in [-0.4, -0.2) is 19.1 Å². The Bertz CT molecular complexity index is 666. The number of anilines is 1. The minimum atomic E-state index is 0.0216. The molecule has 0 radical (unpaired) electrons. The summed E-state index contributed by atoms with van der Waals surface area (Å²) in [4.78, 5) is 12.4. The van der Waals surface area contributed by atoms with E-state index in [4.69, 9.17) is 10.5 Å². The second-order valence-corrected chi connectivity index (χ2v) is 6.35. The molecule has 0 aliphatic carbocycles. The van der Waals surface area contributed by atoms with Crippen molar-refractivity contribution in [2.24, 2.45) is 5.92 Å². The summed E-state index contributed by atoms with van der Waals surface area (Å²) in [6, 6.07) is 15.4. The molecule has 128 valence electrons. The molecule has 4 heteroatoms. The summed E-state index contributed by atoms with van der Waals surface area (Å²) < 4.78 is 5.41. The van der Waals surface area contributed by atoms with Gasteiger partial charge in [0.05, 0.1) is 13.5 Å². The molecule has 0 aliphatic heterocycles. The normalized spacial score (nSPS) is 12.0. The smallest absolute Gasteiger partial charge is 0.224 e. The molecule has 0 saturated carbocycles. The van der Waals surface area contributed by atoms with Gasteiger partial charge in [-0.2, -0.15) is 0 Å². The van der Waals surface area contributed by atoms with Gasteiger partial charge in [0.25, 0.3) is 0 Å². The van der Waals surface area contributed by atoms with E-state index in [1.807, 2.05) is 48.5 Å². The maximum Gasteiger partial charge on any atom is 0.224 e. The minimum absolute atomic E-state index is 0.0216. The number of para-hydroxylation sites is 1. The van der Waals surface area contributed by atoms with Crippen molar-refractivity contribution in [2.75, 3.05) is 12.8 Å². The molecule has 1 atom stereocenters. The van der Waals surface area contributed by atoms with E-state index in [-0.39, 0.29) is 11.9 Å². The lowest BCUT2D eigenvalue weighted by Gasteiger charge is -2.23. The zero-order valence-corrected chi connectivity index (χ0v) is 14.6. The van der Waals surface area contributed by atoms with Crippen LogP contribution in [0.4, 0.5) is 5.69 Å². The molecular formula is C20H26N2O2. The summed E-state index contributed by atoms with van der Waals surface area (Å²) in [5.41, 5.74) is 8.45. The summed E-state index contributed by atoms with van der Waals surface area (Å²) >= 11 is 0. The first-order valence-corrected chi connectivity index (χ1v) is 8.25. The fourth-order valence-electron chi connectivity index (χ4n) is 2.64. The van der Waals surface area contributed by atoms with Crippen molar-refractivity contribution in [1.82, 2.24) is 5.32 Å². The second kappa shape index (κ2) is 8.39. The highest BCUT2D eigenvalue weighted by Crippen LogP contribution is 2.21. The number of carbonyl (C=O) groups is 1. The fourth-order valence-corrected chi connectivity index (χ4v) is 2.64. The average Bonchev–Trinajstić information content (AvgIpc) is 2.56. The summed E-state index contributed by atoms with van der Waals surface area (Å²) in [5, 5.41) is 3.15. The number of nitrogens with two attached hydrogens (primary N) is 1. The Balaban J connectivity index is 2.02. The second-order valence-electron chi connectivity index (χ2n) is 6.35. The molecule has 0 fully saturated rings. The van der Waals surface area contributed by atoms with E-state index in [2.05, 4.69) is 19.2 Å². The number of nitrogens with one attached hydrogen (secondary N) is 1. The van der Waals surface area contributed by atoms with Crippen molar-refractivity contribution >= 4 is 11.6 Å². The molecule has 2 rings (SSSR count). The predicted octanol–water partition coefficient (Wildman–Crippen LogP) is 3.20. The quantitative estimate of drug-likeness (QED) is 0.768. The van der Waals surface area contributed by atoms with Gasteiger partial charge < -0.3 is 15.8 Å². The Hall–Kier alpha value is -2.49. The molecule has 0 bridgehead atoms. The van der Waals surface area contributed by atoms with Gasteiger partial charge in [-0.25, -0.2) is 0 Å². The summed E-state index contributed by atoms with van der Waals surface area (Å²) in [6.07, 6.45) is 1.10. The van der Waals surface area contributed by atoms with Crippen LogP contribution < -0.4 is 15.8 Å². The van der Waals surface area contributed by atoms with Gasteiger partial charge in [0.15, 0.2) is 0 Å². The van der Waals surface area contributed by atoms with Crippen molar-refractivity contribution in [3.63, 3.8) is 0 Å². The van der Waals surface area contributed by atoms with Gasteiger partial charge in [-0.1, -0.05) is 44.2 Å². The van der Waals surface area contributed by atoms with E-state index < -0.39 is 0 Å². The fraction of sp³-hybridized carbons (Fsp3) is 0.350. The standard InChI is InChI=1S/C20H26N2O2/c1-14(2)18(13-16-6-4-5-7-19(16)24-3)22-20(23)12-15-8-10-17(21)11-9-15/h4-11,14,18H,12-13,21H2,1-3H3,(H,22,23). The zero-order chi connectivity index (χ0) is 17.5. The van der Waals surface area contributed by atoms with Crippen molar-refractivity contribution in [1.29, 1.82) is 0 Å². The molecule has 4 nitrogen and oxygen atoms in total. The van der Waals surface area contributed by atoms with Crippen molar-refractivity contribution in [2.45, 2.75) is 32.7 Å². The lowest BCUT2D eigenvalue weighted by Crippen LogP contribution is -2.41. The van der Waals surface area contributed by atoms with Crippen LogP contribution in [0.1, 0.15) is 25.0 Å². The summed E-state index contributed by atoms with van der Waals surface area (Å²) in [7, 11) is 1.67. The number of carbonyl (C=O) groups excluding carboxylic acids is 1. The number of hydrogen-bond donors (Lipinski definition) is 2. The van der Waals surface area contributed by atoms with E-state index in [0.717, 1.165) is 23.3 Å². The number of methoxy groups -OCH3 is 1. The maximum absolute atomic E-state index is 12.4. The molecule has 0 heterocycles. The molecule has 0 aromatic heterocycles. The summed E-state index contributed by atoms with van der Waals surface area (Å²) in [6.45, 7) is 4.23. The first-order chi connectivity index (χ1) is 11.5. The SMILES string of the molecule is COc1ccccc1CC(NC(=O)Cc1ccc(N)cc1)C(C)C. The van der Waals surface area contributed by atoms with Crippen molar-refractivity contribution < 1.29 is 9.53 Å². The largest absolute Gasteiger partial charge is 0.496 e. The first kappa shape index (κ1) is 17.9. The molecule has 24 heavy (non-hydrogen) atoms. The number of benzene rings is 2. The van der Waals surface area contributed by atoms with Crippen molar-refractivity contribution in [3.05, 3.63) is 59.7 Å².